The van der Waals surface area contributed by atoms with E-state index in [4.69, 9.17) is 0 Å². The van der Waals surface area contributed by atoms with Crippen molar-refractivity contribution in [3.05, 3.63) is 42.2 Å². The summed E-state index contributed by atoms with van der Waals surface area (Å²) in [6.45, 7) is 9.71. The van der Waals surface area contributed by atoms with Crippen LogP contribution in [0.2, 0.25) is 0 Å². The van der Waals surface area contributed by atoms with Gasteiger partial charge in [0.15, 0.2) is 0 Å². The molecule has 1 heterocycles. The second kappa shape index (κ2) is 9.19. The highest BCUT2D eigenvalue weighted by molar-refractivity contribution is 5.55. The first-order valence-electron chi connectivity index (χ1n) is 9.14. The molecule has 1 saturated heterocycles. The van der Waals surface area contributed by atoms with Gasteiger partial charge >= 0.3 is 0 Å². The minimum atomic E-state index is -0.205. The molecule has 0 radical (unpaired) electrons. The molecule has 1 aromatic carbocycles. The Kier molecular flexibility index (Phi) is 7.25. The summed E-state index contributed by atoms with van der Waals surface area (Å²) in [5.74, 6) is -0.196. The van der Waals surface area contributed by atoms with E-state index in [9.17, 15) is 9.50 Å². The van der Waals surface area contributed by atoms with Crippen LogP contribution >= 0.6 is 0 Å². The molecule has 2 rings (SSSR count). The van der Waals surface area contributed by atoms with Crippen LogP contribution in [-0.2, 0) is 0 Å². The molecule has 0 spiro atoms. The summed E-state index contributed by atoms with van der Waals surface area (Å²) in [4.78, 5) is 2.27. The van der Waals surface area contributed by atoms with Crippen LogP contribution in [0.15, 0.2) is 30.9 Å². The second-order valence-corrected chi connectivity index (χ2v) is 6.78. The molecule has 2 unspecified atom stereocenters. The van der Waals surface area contributed by atoms with Crippen LogP contribution in [0.3, 0.4) is 0 Å². The van der Waals surface area contributed by atoms with Crippen molar-refractivity contribution < 1.29 is 9.50 Å². The predicted octanol–water partition coefficient (Wildman–Crippen LogP) is 4.18. The van der Waals surface area contributed by atoms with E-state index in [1.54, 1.807) is 6.07 Å². The van der Waals surface area contributed by atoms with Gasteiger partial charge in [0.2, 0.25) is 0 Å². The van der Waals surface area contributed by atoms with Crippen LogP contribution in [0.1, 0.15) is 57.6 Å². The lowest BCUT2D eigenvalue weighted by atomic mass is 9.99. The highest BCUT2D eigenvalue weighted by Gasteiger charge is 2.22. The molecule has 0 aliphatic carbocycles. The third-order valence-electron chi connectivity index (χ3n) is 4.96. The quantitative estimate of drug-likeness (QED) is 0.700. The molecule has 0 bridgehead atoms. The summed E-state index contributed by atoms with van der Waals surface area (Å²) < 4.78 is 13.9. The standard InChI is InChI=1S/C20H31FN2O/c1-4-6-7-17(5-2)22-15(3)19-14-16(21)8-9-20(19)23-12-10-18(24)11-13-23/h4,8-9,14-15,17-18,22,24H,1,5-7,10-13H2,2-3H3. The average Bonchev–Trinajstić information content (AvgIpc) is 2.59. The van der Waals surface area contributed by atoms with Crippen LogP contribution < -0.4 is 10.2 Å². The van der Waals surface area contributed by atoms with Gasteiger partial charge in [-0.05, 0) is 62.8 Å². The SMILES string of the molecule is C=CCCC(CC)NC(C)c1cc(F)ccc1N1CCC(O)CC1. The van der Waals surface area contributed by atoms with Gasteiger partial charge in [-0.15, -0.1) is 6.58 Å². The molecule has 134 valence electrons. The van der Waals surface area contributed by atoms with Crippen molar-refractivity contribution in [3.63, 3.8) is 0 Å². The lowest BCUT2D eigenvalue weighted by molar-refractivity contribution is 0.145. The molecular weight excluding hydrogens is 303 g/mol. The summed E-state index contributed by atoms with van der Waals surface area (Å²) in [6.07, 6.45) is 6.36. The highest BCUT2D eigenvalue weighted by Crippen LogP contribution is 2.30. The summed E-state index contributed by atoms with van der Waals surface area (Å²) in [7, 11) is 0. The Labute approximate surface area is 145 Å². The first-order valence-corrected chi connectivity index (χ1v) is 9.14. The fraction of sp³-hybridized carbons (Fsp3) is 0.600. The summed E-state index contributed by atoms with van der Waals surface area (Å²) in [6, 6.07) is 5.55. The average molecular weight is 334 g/mol. The number of aliphatic hydroxyl groups is 1. The topological polar surface area (TPSA) is 35.5 Å². The largest absolute Gasteiger partial charge is 0.393 e. The molecule has 0 amide bonds. The molecule has 0 aromatic heterocycles. The van der Waals surface area contributed by atoms with Gasteiger partial charge < -0.3 is 15.3 Å². The maximum Gasteiger partial charge on any atom is 0.123 e. The number of rotatable bonds is 8. The number of nitrogens with zero attached hydrogens (tertiary/aromatic N) is 1. The number of benzene rings is 1. The number of aliphatic hydroxyl groups excluding tert-OH is 1. The van der Waals surface area contributed by atoms with Crippen LogP contribution in [0.5, 0.6) is 0 Å². The minimum Gasteiger partial charge on any atom is -0.393 e. The van der Waals surface area contributed by atoms with Crippen molar-refractivity contribution in [2.45, 2.75) is 64.1 Å². The van der Waals surface area contributed by atoms with Crippen molar-refractivity contribution in [3.8, 4) is 0 Å². The third kappa shape index (κ3) is 5.05. The smallest absolute Gasteiger partial charge is 0.123 e. The van der Waals surface area contributed by atoms with Crippen molar-refractivity contribution in [1.82, 2.24) is 5.32 Å². The zero-order chi connectivity index (χ0) is 17.5. The van der Waals surface area contributed by atoms with Crippen molar-refractivity contribution in [1.29, 1.82) is 0 Å². The fourth-order valence-corrected chi connectivity index (χ4v) is 3.43. The Morgan fingerprint density at radius 1 is 1.42 bits per heavy atom. The van der Waals surface area contributed by atoms with E-state index in [1.807, 2.05) is 12.1 Å². The molecular formula is C20H31FN2O. The lowest BCUT2D eigenvalue weighted by Gasteiger charge is -2.34. The van der Waals surface area contributed by atoms with Crippen LogP contribution in [0.25, 0.3) is 0 Å². The fourth-order valence-electron chi connectivity index (χ4n) is 3.43. The molecule has 0 saturated carbocycles. The maximum atomic E-state index is 13.9. The highest BCUT2D eigenvalue weighted by atomic mass is 19.1. The number of piperidine rings is 1. The van der Waals surface area contributed by atoms with Crippen molar-refractivity contribution >= 4 is 5.69 Å². The number of hydrogen-bond acceptors (Lipinski definition) is 3. The first kappa shape index (κ1) is 18.9. The zero-order valence-electron chi connectivity index (χ0n) is 15.0. The normalized spacial score (nSPS) is 18.4. The van der Waals surface area contributed by atoms with Crippen LogP contribution in [0, 0.1) is 5.82 Å². The van der Waals surface area contributed by atoms with E-state index in [-0.39, 0.29) is 18.0 Å². The Morgan fingerprint density at radius 3 is 2.75 bits per heavy atom. The van der Waals surface area contributed by atoms with Gasteiger partial charge in [-0.3, -0.25) is 0 Å². The molecule has 2 atom stereocenters. The number of halogens is 1. The monoisotopic (exact) mass is 334 g/mol. The van der Waals surface area contributed by atoms with E-state index in [1.165, 1.54) is 6.07 Å². The predicted molar refractivity (Wildman–Crippen MR) is 98.9 cm³/mol. The van der Waals surface area contributed by atoms with E-state index < -0.39 is 0 Å². The molecule has 3 nitrogen and oxygen atoms in total. The lowest BCUT2D eigenvalue weighted by Crippen LogP contribution is -2.37. The molecule has 1 fully saturated rings. The number of allylic oxidation sites excluding steroid dienone is 1. The van der Waals surface area contributed by atoms with Crippen molar-refractivity contribution in [2.75, 3.05) is 18.0 Å². The van der Waals surface area contributed by atoms with E-state index in [0.717, 1.165) is 56.4 Å². The maximum absolute atomic E-state index is 13.9. The Bertz CT molecular complexity index is 526. The summed E-state index contributed by atoms with van der Waals surface area (Å²) >= 11 is 0. The molecule has 1 aromatic rings. The van der Waals surface area contributed by atoms with Gasteiger partial charge in [0.25, 0.3) is 0 Å². The molecule has 1 aliphatic heterocycles. The number of nitrogens with one attached hydrogen (secondary N) is 1. The molecule has 24 heavy (non-hydrogen) atoms. The van der Waals surface area contributed by atoms with Gasteiger partial charge in [-0.25, -0.2) is 4.39 Å². The van der Waals surface area contributed by atoms with E-state index in [0.29, 0.717) is 6.04 Å². The second-order valence-electron chi connectivity index (χ2n) is 6.78. The van der Waals surface area contributed by atoms with E-state index >= 15 is 0 Å². The van der Waals surface area contributed by atoms with Crippen molar-refractivity contribution in [2.24, 2.45) is 0 Å². The molecule has 2 N–H and O–H groups in total. The van der Waals surface area contributed by atoms with Gasteiger partial charge in [-0.2, -0.15) is 0 Å². The Morgan fingerprint density at radius 2 is 2.12 bits per heavy atom. The van der Waals surface area contributed by atoms with Crippen LogP contribution in [-0.4, -0.2) is 30.3 Å². The third-order valence-corrected chi connectivity index (χ3v) is 4.96. The van der Waals surface area contributed by atoms with Gasteiger partial charge in [0, 0.05) is 30.9 Å². The van der Waals surface area contributed by atoms with E-state index in [2.05, 4.69) is 30.6 Å². The summed E-state index contributed by atoms with van der Waals surface area (Å²) in [5, 5.41) is 13.4. The zero-order valence-corrected chi connectivity index (χ0v) is 15.0. The Hall–Kier alpha value is -1.39. The number of anilines is 1. The Balaban J connectivity index is 2.15. The first-order chi connectivity index (χ1) is 11.5. The van der Waals surface area contributed by atoms with Gasteiger partial charge in [-0.1, -0.05) is 13.0 Å². The summed E-state index contributed by atoms with van der Waals surface area (Å²) in [5.41, 5.74) is 2.09. The van der Waals surface area contributed by atoms with Crippen LogP contribution in [0.4, 0.5) is 10.1 Å². The van der Waals surface area contributed by atoms with Gasteiger partial charge in [0.1, 0.15) is 5.82 Å². The molecule has 4 heteroatoms. The number of hydrogen-bond donors (Lipinski definition) is 2. The molecule has 1 aliphatic rings. The minimum absolute atomic E-state index is 0.0808. The van der Waals surface area contributed by atoms with Gasteiger partial charge in [0.05, 0.1) is 6.10 Å².